The lowest BCUT2D eigenvalue weighted by molar-refractivity contribution is 0.0139. The van der Waals surface area contributed by atoms with Crippen LogP contribution in [0.2, 0.25) is 0 Å². The van der Waals surface area contributed by atoms with Crippen molar-refractivity contribution in [2.45, 2.75) is 45.5 Å². The highest BCUT2D eigenvalue weighted by molar-refractivity contribution is 5.12. The maximum atomic E-state index is 5.99. The SMILES string of the molecule is C[C@@H]1c2ncc(COCC3CCOCC3)n2CCN1Cc1ccoc1. The first-order valence-corrected chi connectivity index (χ1v) is 9.26. The molecule has 6 nitrogen and oxygen atoms in total. The van der Waals surface area contributed by atoms with Gasteiger partial charge in [0.1, 0.15) is 5.82 Å². The minimum Gasteiger partial charge on any atom is -0.472 e. The number of imidazole rings is 1. The van der Waals surface area contributed by atoms with Gasteiger partial charge in [0, 0.05) is 38.4 Å². The Bertz CT molecular complexity index is 662. The molecule has 1 saturated heterocycles. The maximum absolute atomic E-state index is 5.99. The number of hydrogen-bond donors (Lipinski definition) is 0. The molecule has 0 saturated carbocycles. The summed E-state index contributed by atoms with van der Waals surface area (Å²) >= 11 is 0. The van der Waals surface area contributed by atoms with E-state index in [1.165, 1.54) is 11.3 Å². The molecule has 0 aliphatic carbocycles. The monoisotopic (exact) mass is 345 g/mol. The molecule has 0 aromatic carbocycles. The maximum Gasteiger partial charge on any atom is 0.126 e. The van der Waals surface area contributed by atoms with Crippen LogP contribution in [0.3, 0.4) is 0 Å². The van der Waals surface area contributed by atoms with E-state index in [0.717, 1.165) is 58.1 Å². The van der Waals surface area contributed by atoms with Gasteiger partial charge >= 0.3 is 0 Å². The number of fused-ring (bicyclic) bond motifs is 1. The Morgan fingerprint density at radius 1 is 1.28 bits per heavy atom. The lowest BCUT2D eigenvalue weighted by Crippen LogP contribution is -2.37. The topological polar surface area (TPSA) is 52.7 Å². The lowest BCUT2D eigenvalue weighted by Gasteiger charge is -2.34. The van der Waals surface area contributed by atoms with E-state index in [4.69, 9.17) is 13.9 Å². The van der Waals surface area contributed by atoms with Gasteiger partial charge in [0.25, 0.3) is 0 Å². The van der Waals surface area contributed by atoms with Gasteiger partial charge in [0.05, 0.1) is 43.7 Å². The summed E-state index contributed by atoms with van der Waals surface area (Å²) in [4.78, 5) is 7.12. The first-order chi connectivity index (χ1) is 12.3. The predicted octanol–water partition coefficient (Wildman–Crippen LogP) is 3.00. The highest BCUT2D eigenvalue weighted by Gasteiger charge is 2.27. The summed E-state index contributed by atoms with van der Waals surface area (Å²) < 4.78 is 18.9. The number of ether oxygens (including phenoxy) is 2. The number of aromatic nitrogens is 2. The molecule has 4 rings (SSSR count). The Kier molecular flexibility index (Phi) is 5.20. The first kappa shape index (κ1) is 16.8. The molecule has 2 aliphatic heterocycles. The molecule has 136 valence electrons. The molecule has 1 atom stereocenters. The fraction of sp³-hybridized carbons (Fsp3) is 0.632. The molecule has 2 aromatic rings. The standard InChI is InChI=1S/C19H27N3O3/c1-15-19-20-10-18(14-25-12-16-2-7-23-8-3-16)22(19)6-5-21(15)11-17-4-9-24-13-17/h4,9-10,13,15-16H,2-3,5-8,11-12,14H2,1H3/t15-/m1/s1. The molecule has 2 aromatic heterocycles. The summed E-state index contributed by atoms with van der Waals surface area (Å²) in [6.45, 7) is 8.34. The summed E-state index contributed by atoms with van der Waals surface area (Å²) in [6.07, 6.45) is 7.77. The Hall–Kier alpha value is -1.63. The van der Waals surface area contributed by atoms with Crippen molar-refractivity contribution in [2.75, 3.05) is 26.4 Å². The third-order valence-electron chi connectivity index (χ3n) is 5.41. The highest BCUT2D eigenvalue weighted by atomic mass is 16.5. The Morgan fingerprint density at radius 3 is 2.96 bits per heavy atom. The van der Waals surface area contributed by atoms with E-state index in [9.17, 15) is 0 Å². The molecule has 0 unspecified atom stereocenters. The number of hydrogen-bond acceptors (Lipinski definition) is 5. The molecule has 6 heteroatoms. The van der Waals surface area contributed by atoms with E-state index in [1.54, 1.807) is 6.26 Å². The van der Waals surface area contributed by atoms with Crippen LogP contribution in [0.4, 0.5) is 0 Å². The zero-order valence-electron chi connectivity index (χ0n) is 14.9. The van der Waals surface area contributed by atoms with Crippen molar-refractivity contribution < 1.29 is 13.9 Å². The van der Waals surface area contributed by atoms with Crippen LogP contribution >= 0.6 is 0 Å². The van der Waals surface area contributed by atoms with Gasteiger partial charge in [0.15, 0.2) is 0 Å². The van der Waals surface area contributed by atoms with E-state index in [2.05, 4.69) is 21.4 Å². The van der Waals surface area contributed by atoms with E-state index < -0.39 is 0 Å². The van der Waals surface area contributed by atoms with Gasteiger partial charge in [0.2, 0.25) is 0 Å². The molecule has 25 heavy (non-hydrogen) atoms. The van der Waals surface area contributed by atoms with Crippen molar-refractivity contribution in [3.63, 3.8) is 0 Å². The van der Waals surface area contributed by atoms with Gasteiger partial charge in [-0.1, -0.05) is 0 Å². The summed E-state index contributed by atoms with van der Waals surface area (Å²) in [5, 5.41) is 0. The van der Waals surface area contributed by atoms with Crippen LogP contribution in [0.5, 0.6) is 0 Å². The second-order valence-electron chi connectivity index (χ2n) is 7.11. The molecule has 2 aliphatic rings. The average Bonchev–Trinajstić information content (AvgIpc) is 3.29. The summed E-state index contributed by atoms with van der Waals surface area (Å²) in [5.41, 5.74) is 2.41. The van der Waals surface area contributed by atoms with Crippen molar-refractivity contribution in [3.05, 3.63) is 41.9 Å². The van der Waals surface area contributed by atoms with Gasteiger partial charge in [-0.05, 0) is 31.7 Å². The van der Waals surface area contributed by atoms with E-state index >= 15 is 0 Å². The van der Waals surface area contributed by atoms with Crippen LogP contribution in [0.25, 0.3) is 0 Å². The second kappa shape index (κ2) is 7.72. The van der Waals surface area contributed by atoms with E-state index in [0.29, 0.717) is 18.6 Å². The molecular formula is C19H27N3O3. The van der Waals surface area contributed by atoms with Crippen LogP contribution < -0.4 is 0 Å². The van der Waals surface area contributed by atoms with E-state index in [1.807, 2.05) is 18.5 Å². The zero-order valence-corrected chi connectivity index (χ0v) is 14.9. The number of furan rings is 1. The molecule has 4 heterocycles. The smallest absolute Gasteiger partial charge is 0.126 e. The third-order valence-corrected chi connectivity index (χ3v) is 5.41. The van der Waals surface area contributed by atoms with Crippen LogP contribution in [0, 0.1) is 5.92 Å². The summed E-state index contributed by atoms with van der Waals surface area (Å²) in [5.74, 6) is 1.78. The van der Waals surface area contributed by atoms with Gasteiger partial charge in [-0.15, -0.1) is 0 Å². The normalized spacial score (nSPS) is 22.2. The van der Waals surface area contributed by atoms with Gasteiger partial charge < -0.3 is 18.5 Å². The van der Waals surface area contributed by atoms with Crippen LogP contribution in [-0.2, 0) is 29.2 Å². The van der Waals surface area contributed by atoms with Crippen molar-refractivity contribution in [3.8, 4) is 0 Å². The van der Waals surface area contributed by atoms with Crippen molar-refractivity contribution in [2.24, 2.45) is 5.92 Å². The molecule has 0 spiro atoms. The minimum absolute atomic E-state index is 0.299. The van der Waals surface area contributed by atoms with Gasteiger partial charge in [-0.2, -0.15) is 0 Å². The molecule has 0 bridgehead atoms. The Labute approximate surface area is 148 Å². The molecular weight excluding hydrogens is 318 g/mol. The third kappa shape index (κ3) is 3.81. The molecule has 0 N–H and O–H groups in total. The molecule has 0 amide bonds. The number of nitrogens with zero attached hydrogens (tertiary/aromatic N) is 3. The molecule has 1 fully saturated rings. The highest BCUT2D eigenvalue weighted by Crippen LogP contribution is 2.27. The van der Waals surface area contributed by atoms with Crippen LogP contribution in [-0.4, -0.2) is 40.8 Å². The fourth-order valence-electron chi connectivity index (χ4n) is 3.80. The fourth-order valence-corrected chi connectivity index (χ4v) is 3.80. The van der Waals surface area contributed by atoms with Crippen LogP contribution in [0.1, 0.15) is 42.9 Å². The largest absolute Gasteiger partial charge is 0.472 e. The lowest BCUT2D eigenvalue weighted by atomic mass is 10.0. The first-order valence-electron chi connectivity index (χ1n) is 9.26. The summed E-state index contributed by atoms with van der Waals surface area (Å²) in [7, 11) is 0. The van der Waals surface area contributed by atoms with Gasteiger partial charge in [-0.25, -0.2) is 4.98 Å². The van der Waals surface area contributed by atoms with Gasteiger partial charge in [-0.3, -0.25) is 4.90 Å². The van der Waals surface area contributed by atoms with Crippen molar-refractivity contribution >= 4 is 0 Å². The predicted molar refractivity (Wildman–Crippen MR) is 93.0 cm³/mol. The molecule has 0 radical (unpaired) electrons. The van der Waals surface area contributed by atoms with Crippen LogP contribution in [0.15, 0.2) is 29.2 Å². The summed E-state index contributed by atoms with van der Waals surface area (Å²) in [6, 6.07) is 2.33. The van der Waals surface area contributed by atoms with E-state index in [-0.39, 0.29) is 0 Å². The van der Waals surface area contributed by atoms with Crippen molar-refractivity contribution in [1.82, 2.24) is 14.5 Å². The minimum atomic E-state index is 0.299. The zero-order chi connectivity index (χ0) is 17.1. The van der Waals surface area contributed by atoms with Crippen molar-refractivity contribution in [1.29, 1.82) is 0 Å². The Balaban J connectivity index is 1.34. The number of rotatable bonds is 6. The average molecular weight is 345 g/mol. The Morgan fingerprint density at radius 2 is 2.16 bits per heavy atom. The quantitative estimate of drug-likeness (QED) is 0.805. The second-order valence-corrected chi connectivity index (χ2v) is 7.11.